The van der Waals surface area contributed by atoms with Crippen LogP contribution in [0.4, 0.5) is 4.39 Å². The second-order valence-corrected chi connectivity index (χ2v) is 7.42. The predicted octanol–water partition coefficient (Wildman–Crippen LogP) is 2.67. The molecular weight excluding hydrogens is 379 g/mol. The quantitative estimate of drug-likeness (QED) is 0.664. The summed E-state index contributed by atoms with van der Waals surface area (Å²) in [5.74, 6) is -2.91. The first kappa shape index (κ1) is 22.5. The van der Waals surface area contributed by atoms with Crippen molar-refractivity contribution in [2.24, 2.45) is 0 Å². The number of aliphatic carboxylic acids is 2. The number of carboxylic acid groups (broad SMARTS) is 2. The lowest BCUT2D eigenvalue weighted by Gasteiger charge is -2.44. The highest BCUT2D eigenvalue weighted by Crippen LogP contribution is 2.40. The van der Waals surface area contributed by atoms with Crippen LogP contribution in [0.3, 0.4) is 0 Å². The Morgan fingerprint density at radius 1 is 1.07 bits per heavy atom. The number of likely N-dealkylation sites (tertiary alicyclic amines) is 1. The van der Waals surface area contributed by atoms with Gasteiger partial charge in [0.1, 0.15) is 5.82 Å². The van der Waals surface area contributed by atoms with Crippen LogP contribution in [0.25, 0.3) is 0 Å². The van der Waals surface area contributed by atoms with Crippen LogP contribution in [-0.4, -0.2) is 58.1 Å². The summed E-state index contributed by atoms with van der Waals surface area (Å²) in [5, 5.41) is 18.8. The van der Waals surface area contributed by atoms with Crippen molar-refractivity contribution in [3.63, 3.8) is 0 Å². The van der Waals surface area contributed by atoms with E-state index in [1.807, 2.05) is 0 Å². The summed E-state index contributed by atoms with van der Waals surface area (Å²) in [6.45, 7) is 1.04. The van der Waals surface area contributed by atoms with E-state index < -0.39 is 11.9 Å². The number of amides is 1. The summed E-state index contributed by atoms with van der Waals surface area (Å²) in [7, 11) is 2.18. The van der Waals surface area contributed by atoms with Crippen LogP contribution in [0.15, 0.2) is 36.4 Å². The van der Waals surface area contributed by atoms with Crippen molar-refractivity contribution in [2.75, 3.05) is 13.6 Å². The summed E-state index contributed by atoms with van der Waals surface area (Å²) in [6.07, 6.45) is 8.23. The molecule has 2 fully saturated rings. The molecule has 0 radical (unpaired) electrons. The van der Waals surface area contributed by atoms with Crippen molar-refractivity contribution in [2.45, 2.75) is 50.1 Å². The Morgan fingerprint density at radius 3 is 2.14 bits per heavy atom. The lowest BCUT2D eigenvalue weighted by Crippen LogP contribution is -2.56. The van der Waals surface area contributed by atoms with E-state index in [0.29, 0.717) is 17.7 Å². The van der Waals surface area contributed by atoms with Crippen LogP contribution in [0.1, 0.15) is 48.9 Å². The minimum absolute atomic E-state index is 0.0831. The number of carboxylic acids is 2. The minimum atomic E-state index is -1.26. The first-order chi connectivity index (χ1) is 13.7. The Bertz CT molecular complexity index is 741. The molecule has 3 rings (SSSR count). The zero-order valence-electron chi connectivity index (χ0n) is 16.4. The predicted molar refractivity (Wildman–Crippen MR) is 105 cm³/mol. The van der Waals surface area contributed by atoms with Gasteiger partial charge in [-0.3, -0.25) is 9.69 Å². The third-order valence-corrected chi connectivity index (χ3v) is 5.66. The summed E-state index contributed by atoms with van der Waals surface area (Å²) in [5.41, 5.74) is 0.672. The molecule has 1 aromatic carbocycles. The summed E-state index contributed by atoms with van der Waals surface area (Å²) in [4.78, 5) is 33.9. The van der Waals surface area contributed by atoms with Crippen LogP contribution >= 0.6 is 0 Å². The van der Waals surface area contributed by atoms with Gasteiger partial charge in [-0.05, 0) is 50.6 Å². The Kier molecular flexibility index (Phi) is 7.90. The van der Waals surface area contributed by atoms with Gasteiger partial charge in [0.05, 0.1) is 0 Å². The molecule has 1 saturated heterocycles. The van der Waals surface area contributed by atoms with Crippen molar-refractivity contribution >= 4 is 17.8 Å². The average molecular weight is 406 g/mol. The molecule has 1 saturated carbocycles. The Labute approximate surface area is 169 Å². The van der Waals surface area contributed by atoms with Gasteiger partial charge in [0.25, 0.3) is 5.91 Å². The van der Waals surface area contributed by atoms with Gasteiger partial charge in [-0.15, -0.1) is 0 Å². The molecule has 2 aliphatic rings. The molecule has 7 nitrogen and oxygen atoms in total. The fourth-order valence-electron chi connectivity index (χ4n) is 4.17. The lowest BCUT2D eigenvalue weighted by atomic mass is 9.77. The normalized spacial score (nSPS) is 20.8. The molecule has 1 amide bonds. The smallest absolute Gasteiger partial charge is 0.328 e. The van der Waals surface area contributed by atoms with Crippen molar-refractivity contribution in [3.8, 4) is 0 Å². The summed E-state index contributed by atoms with van der Waals surface area (Å²) >= 11 is 0. The molecule has 1 aromatic rings. The molecule has 1 spiro atoms. The minimum Gasteiger partial charge on any atom is -0.478 e. The Balaban J connectivity index is 0.000000321. The monoisotopic (exact) mass is 406 g/mol. The second-order valence-electron chi connectivity index (χ2n) is 7.42. The maximum Gasteiger partial charge on any atom is 0.328 e. The van der Waals surface area contributed by atoms with E-state index in [1.165, 1.54) is 31.4 Å². The first-order valence-corrected chi connectivity index (χ1v) is 9.66. The number of hydrogen-bond acceptors (Lipinski definition) is 4. The van der Waals surface area contributed by atoms with Crippen LogP contribution in [0.2, 0.25) is 0 Å². The third-order valence-electron chi connectivity index (χ3n) is 5.66. The van der Waals surface area contributed by atoms with Crippen molar-refractivity contribution < 1.29 is 29.0 Å². The molecule has 1 atom stereocenters. The molecule has 1 aliphatic heterocycles. The van der Waals surface area contributed by atoms with Gasteiger partial charge in [0, 0.05) is 35.8 Å². The van der Waals surface area contributed by atoms with Gasteiger partial charge in [0.2, 0.25) is 0 Å². The first-order valence-electron chi connectivity index (χ1n) is 9.66. The number of carbonyl (C=O) groups is 3. The molecule has 8 heteroatoms. The number of carbonyl (C=O) groups excluding carboxylic acids is 1. The zero-order chi connectivity index (χ0) is 21.4. The van der Waals surface area contributed by atoms with Crippen molar-refractivity contribution in [1.82, 2.24) is 10.2 Å². The number of nitrogens with one attached hydrogen (secondary N) is 1. The number of benzene rings is 1. The molecule has 1 heterocycles. The van der Waals surface area contributed by atoms with Gasteiger partial charge in [-0.1, -0.05) is 19.3 Å². The topological polar surface area (TPSA) is 107 Å². The van der Waals surface area contributed by atoms with Gasteiger partial charge in [-0.25, -0.2) is 14.0 Å². The van der Waals surface area contributed by atoms with Gasteiger partial charge >= 0.3 is 11.9 Å². The van der Waals surface area contributed by atoms with Crippen LogP contribution < -0.4 is 5.32 Å². The number of nitrogens with zero attached hydrogens (tertiary/aromatic N) is 1. The van der Waals surface area contributed by atoms with E-state index in [9.17, 15) is 18.8 Å². The highest BCUT2D eigenvalue weighted by atomic mass is 19.1. The van der Waals surface area contributed by atoms with Crippen molar-refractivity contribution in [3.05, 3.63) is 47.8 Å². The SMILES string of the molecule is CN1CCC(NC(=O)c2ccc(F)cc2)C12CCCCC2.O=C(O)C=CC(=O)O. The summed E-state index contributed by atoms with van der Waals surface area (Å²) in [6, 6.07) is 5.99. The highest BCUT2D eigenvalue weighted by molar-refractivity contribution is 5.94. The molecule has 158 valence electrons. The zero-order valence-corrected chi connectivity index (χ0v) is 16.4. The Hall–Kier alpha value is -2.74. The fourth-order valence-corrected chi connectivity index (χ4v) is 4.17. The standard InChI is InChI=1S/C17H23FN2O.C4H4O4/c1-20-12-9-15(17(20)10-3-2-4-11-17)19-16(21)13-5-7-14(18)8-6-13;5-3(6)1-2-4(7)8/h5-8,15H,2-4,9-12H2,1H3,(H,19,21);1-2H,(H,5,6)(H,7,8). The maximum atomic E-state index is 13.0. The van der Waals surface area contributed by atoms with E-state index in [1.54, 1.807) is 12.1 Å². The molecule has 1 unspecified atom stereocenters. The molecule has 1 aliphatic carbocycles. The second kappa shape index (κ2) is 10.2. The molecule has 29 heavy (non-hydrogen) atoms. The molecule has 0 bridgehead atoms. The van der Waals surface area contributed by atoms with E-state index in [0.717, 1.165) is 25.8 Å². The number of hydrogen-bond donors (Lipinski definition) is 3. The average Bonchev–Trinajstić information content (AvgIpc) is 2.97. The fraction of sp³-hybridized carbons (Fsp3) is 0.476. The highest BCUT2D eigenvalue weighted by Gasteiger charge is 2.47. The van der Waals surface area contributed by atoms with Gasteiger partial charge in [-0.2, -0.15) is 0 Å². The van der Waals surface area contributed by atoms with E-state index >= 15 is 0 Å². The van der Waals surface area contributed by atoms with E-state index in [-0.39, 0.29) is 23.3 Å². The van der Waals surface area contributed by atoms with Gasteiger partial charge < -0.3 is 15.5 Å². The van der Waals surface area contributed by atoms with Crippen LogP contribution in [0.5, 0.6) is 0 Å². The van der Waals surface area contributed by atoms with Crippen LogP contribution in [0, 0.1) is 5.82 Å². The maximum absolute atomic E-state index is 13.0. The molecule has 3 N–H and O–H groups in total. The van der Waals surface area contributed by atoms with Crippen LogP contribution in [-0.2, 0) is 9.59 Å². The number of halogens is 1. The largest absolute Gasteiger partial charge is 0.478 e. The van der Waals surface area contributed by atoms with Crippen molar-refractivity contribution in [1.29, 1.82) is 0 Å². The molecular formula is C21H27FN2O5. The van der Waals surface area contributed by atoms with E-state index in [4.69, 9.17) is 10.2 Å². The molecule has 0 aromatic heterocycles. The number of likely N-dealkylation sites (N-methyl/N-ethyl adjacent to an activating group) is 1. The Morgan fingerprint density at radius 2 is 1.62 bits per heavy atom. The summed E-state index contributed by atoms with van der Waals surface area (Å²) < 4.78 is 13.0. The van der Waals surface area contributed by atoms with Gasteiger partial charge in [0.15, 0.2) is 0 Å². The van der Waals surface area contributed by atoms with E-state index in [2.05, 4.69) is 17.3 Å². The lowest BCUT2D eigenvalue weighted by molar-refractivity contribution is -0.134. The number of rotatable bonds is 4. The third kappa shape index (κ3) is 6.12.